The molecule has 72 valence electrons. The third-order valence-corrected chi connectivity index (χ3v) is 2.28. The Labute approximate surface area is 84.8 Å². The first-order valence-electron chi connectivity index (χ1n) is 4.01. The van der Waals surface area contributed by atoms with Gasteiger partial charge in [0.25, 0.3) is 0 Å². The molecule has 0 saturated carbocycles. The predicted octanol–water partition coefficient (Wildman–Crippen LogP) is 1.22. The molecule has 2 aromatic heterocycles. The zero-order chi connectivity index (χ0) is 9.80. The van der Waals surface area contributed by atoms with E-state index in [0.29, 0.717) is 12.4 Å². The zero-order valence-electron chi connectivity index (χ0n) is 7.54. The van der Waals surface area contributed by atoms with Gasteiger partial charge in [-0.05, 0) is 6.92 Å². The third-order valence-electron chi connectivity index (χ3n) is 1.47. The van der Waals surface area contributed by atoms with Gasteiger partial charge in [-0.1, -0.05) is 11.3 Å². The van der Waals surface area contributed by atoms with Crippen LogP contribution in [-0.4, -0.2) is 20.2 Å². The summed E-state index contributed by atoms with van der Waals surface area (Å²) in [5, 5.41) is 9.61. The molecular formula is C8H8N4OS. The van der Waals surface area contributed by atoms with Crippen LogP contribution < -0.4 is 4.74 Å². The normalized spacial score (nSPS) is 10.1. The van der Waals surface area contributed by atoms with Crippen LogP contribution in [0.1, 0.15) is 10.0 Å². The van der Waals surface area contributed by atoms with Crippen molar-refractivity contribution in [2.24, 2.45) is 0 Å². The molecule has 0 aliphatic rings. The van der Waals surface area contributed by atoms with Crippen LogP contribution in [0.3, 0.4) is 0 Å². The molecule has 2 aromatic rings. The van der Waals surface area contributed by atoms with E-state index in [9.17, 15) is 0 Å². The lowest BCUT2D eigenvalue weighted by Gasteiger charge is -2.00. The lowest BCUT2D eigenvalue weighted by Crippen LogP contribution is -1.95. The number of aryl methyl sites for hydroxylation is 1. The average Bonchev–Trinajstić information content (AvgIpc) is 2.63. The molecule has 6 heteroatoms. The van der Waals surface area contributed by atoms with Gasteiger partial charge in [-0.2, -0.15) is 0 Å². The maximum Gasteiger partial charge on any atom is 0.156 e. The zero-order valence-corrected chi connectivity index (χ0v) is 8.36. The summed E-state index contributed by atoms with van der Waals surface area (Å²) in [5.74, 6) is 0.639. The summed E-state index contributed by atoms with van der Waals surface area (Å²) in [6, 6.07) is 0. The summed E-state index contributed by atoms with van der Waals surface area (Å²) in [7, 11) is 0. The van der Waals surface area contributed by atoms with Gasteiger partial charge in [0.2, 0.25) is 0 Å². The number of hydrogen-bond donors (Lipinski definition) is 0. The Morgan fingerprint density at radius 1 is 1.29 bits per heavy atom. The molecule has 0 amide bonds. The molecule has 2 heterocycles. The predicted molar refractivity (Wildman–Crippen MR) is 51.0 cm³/mol. The van der Waals surface area contributed by atoms with Crippen LogP contribution in [-0.2, 0) is 6.61 Å². The molecule has 0 radical (unpaired) electrons. The Morgan fingerprint density at radius 3 is 2.71 bits per heavy atom. The van der Waals surface area contributed by atoms with Gasteiger partial charge in [-0.15, -0.1) is 10.2 Å². The summed E-state index contributed by atoms with van der Waals surface area (Å²) in [6.45, 7) is 2.33. The minimum absolute atomic E-state index is 0.416. The van der Waals surface area contributed by atoms with E-state index in [1.807, 2.05) is 6.92 Å². The van der Waals surface area contributed by atoms with Crippen molar-refractivity contribution < 1.29 is 4.74 Å². The fraction of sp³-hybridized carbons (Fsp3) is 0.250. The first kappa shape index (κ1) is 9.01. The van der Waals surface area contributed by atoms with E-state index >= 15 is 0 Å². The van der Waals surface area contributed by atoms with Gasteiger partial charge in [0.05, 0.1) is 12.4 Å². The summed E-state index contributed by atoms with van der Waals surface area (Å²) in [6.07, 6.45) is 4.68. The Morgan fingerprint density at radius 2 is 2.07 bits per heavy atom. The van der Waals surface area contributed by atoms with E-state index in [4.69, 9.17) is 4.74 Å². The molecule has 14 heavy (non-hydrogen) atoms. The van der Waals surface area contributed by atoms with E-state index in [-0.39, 0.29) is 0 Å². The lowest BCUT2D eigenvalue weighted by atomic mass is 10.6. The van der Waals surface area contributed by atoms with Crippen molar-refractivity contribution in [1.29, 1.82) is 0 Å². The molecule has 0 aliphatic heterocycles. The number of hydrogen-bond acceptors (Lipinski definition) is 6. The molecule has 0 atom stereocenters. The van der Waals surface area contributed by atoms with Crippen LogP contribution in [0.4, 0.5) is 0 Å². The Kier molecular flexibility index (Phi) is 2.64. The van der Waals surface area contributed by atoms with E-state index in [0.717, 1.165) is 10.0 Å². The van der Waals surface area contributed by atoms with Gasteiger partial charge in [0.15, 0.2) is 10.8 Å². The monoisotopic (exact) mass is 208 g/mol. The minimum atomic E-state index is 0.416. The highest BCUT2D eigenvalue weighted by Crippen LogP contribution is 2.12. The second-order valence-corrected chi connectivity index (χ2v) is 3.84. The molecule has 0 aliphatic carbocycles. The maximum absolute atomic E-state index is 5.39. The second kappa shape index (κ2) is 4.10. The molecule has 0 unspecified atom stereocenters. The fourth-order valence-electron chi connectivity index (χ4n) is 0.901. The highest BCUT2D eigenvalue weighted by atomic mass is 32.1. The van der Waals surface area contributed by atoms with Crippen molar-refractivity contribution in [2.75, 3.05) is 0 Å². The van der Waals surface area contributed by atoms with E-state index in [1.54, 1.807) is 12.4 Å². The van der Waals surface area contributed by atoms with Crippen LogP contribution in [0.5, 0.6) is 5.75 Å². The van der Waals surface area contributed by atoms with Gasteiger partial charge in [-0.25, -0.2) is 9.97 Å². The molecule has 0 bridgehead atoms. The highest BCUT2D eigenvalue weighted by molar-refractivity contribution is 7.11. The van der Waals surface area contributed by atoms with Gasteiger partial charge < -0.3 is 4.74 Å². The largest absolute Gasteiger partial charge is 0.483 e. The molecule has 5 nitrogen and oxygen atoms in total. The Bertz CT molecular complexity index is 403. The summed E-state index contributed by atoms with van der Waals surface area (Å²) in [5.41, 5.74) is 0. The van der Waals surface area contributed by atoms with Crippen molar-refractivity contribution in [3.63, 3.8) is 0 Å². The summed E-state index contributed by atoms with van der Waals surface area (Å²) in [4.78, 5) is 7.67. The minimum Gasteiger partial charge on any atom is -0.483 e. The smallest absolute Gasteiger partial charge is 0.156 e. The molecule has 0 N–H and O–H groups in total. The first-order valence-corrected chi connectivity index (χ1v) is 4.83. The van der Waals surface area contributed by atoms with Gasteiger partial charge in [0.1, 0.15) is 17.9 Å². The lowest BCUT2D eigenvalue weighted by molar-refractivity contribution is 0.302. The van der Waals surface area contributed by atoms with E-state index in [2.05, 4.69) is 20.2 Å². The molecule has 0 fully saturated rings. The maximum atomic E-state index is 5.39. The molecule has 0 aromatic carbocycles. The van der Waals surface area contributed by atoms with Crippen molar-refractivity contribution in [1.82, 2.24) is 20.2 Å². The van der Waals surface area contributed by atoms with Crippen LogP contribution in [0.2, 0.25) is 0 Å². The van der Waals surface area contributed by atoms with Crippen LogP contribution in [0.15, 0.2) is 18.7 Å². The first-order chi connectivity index (χ1) is 6.84. The topological polar surface area (TPSA) is 60.8 Å². The fourth-order valence-corrected chi connectivity index (χ4v) is 1.52. The summed E-state index contributed by atoms with van der Waals surface area (Å²) >= 11 is 1.52. The Balaban J connectivity index is 1.95. The van der Waals surface area contributed by atoms with Crippen molar-refractivity contribution >= 4 is 11.3 Å². The molecule has 0 saturated heterocycles. The SMILES string of the molecule is Cc1nnc(COc2cncnc2)s1. The van der Waals surface area contributed by atoms with Crippen molar-refractivity contribution in [3.8, 4) is 5.75 Å². The van der Waals surface area contributed by atoms with E-state index < -0.39 is 0 Å². The van der Waals surface area contributed by atoms with Gasteiger partial charge >= 0.3 is 0 Å². The van der Waals surface area contributed by atoms with Gasteiger partial charge in [-0.3, -0.25) is 0 Å². The van der Waals surface area contributed by atoms with E-state index in [1.165, 1.54) is 17.7 Å². The number of rotatable bonds is 3. The second-order valence-electron chi connectivity index (χ2n) is 2.58. The van der Waals surface area contributed by atoms with Crippen molar-refractivity contribution in [2.45, 2.75) is 13.5 Å². The Hall–Kier alpha value is -1.56. The van der Waals surface area contributed by atoms with Crippen molar-refractivity contribution in [3.05, 3.63) is 28.7 Å². The number of aromatic nitrogens is 4. The van der Waals surface area contributed by atoms with Gasteiger partial charge in [0, 0.05) is 0 Å². The standard InChI is InChI=1S/C8H8N4OS/c1-6-11-12-8(14-6)4-13-7-2-9-5-10-3-7/h2-3,5H,4H2,1H3. The average molecular weight is 208 g/mol. The quantitative estimate of drug-likeness (QED) is 0.758. The number of ether oxygens (including phenoxy) is 1. The van der Waals surface area contributed by atoms with Crippen LogP contribution in [0.25, 0.3) is 0 Å². The molecular weight excluding hydrogens is 200 g/mol. The number of nitrogens with zero attached hydrogens (tertiary/aromatic N) is 4. The molecule has 0 spiro atoms. The van der Waals surface area contributed by atoms with Crippen LogP contribution >= 0.6 is 11.3 Å². The third kappa shape index (κ3) is 2.23. The summed E-state index contributed by atoms with van der Waals surface area (Å²) < 4.78 is 5.39. The molecule has 2 rings (SSSR count). The highest BCUT2D eigenvalue weighted by Gasteiger charge is 2.01. The van der Waals surface area contributed by atoms with Crippen LogP contribution in [0, 0.1) is 6.92 Å².